The van der Waals surface area contributed by atoms with Gasteiger partial charge in [0.15, 0.2) is 0 Å². The van der Waals surface area contributed by atoms with Crippen LogP contribution >= 0.6 is 0 Å². The minimum atomic E-state index is -0.570. The normalized spacial score (nSPS) is 10.8. The van der Waals surface area contributed by atoms with Gasteiger partial charge in [-0.1, -0.05) is 6.07 Å². The van der Waals surface area contributed by atoms with Gasteiger partial charge in [0.1, 0.15) is 16.3 Å². The number of fused-ring (bicyclic) bond motifs is 3. The molecular weight excluding hydrogens is 262 g/mol. The average Bonchev–Trinajstić information content (AvgIpc) is 2.82. The lowest BCUT2D eigenvalue weighted by atomic mass is 10.1. The summed E-state index contributed by atoms with van der Waals surface area (Å²) in [7, 11) is 0. The highest BCUT2D eigenvalue weighted by Crippen LogP contribution is 2.32. The lowest BCUT2D eigenvalue weighted by Crippen LogP contribution is -2.00. The molecule has 0 atom stereocenters. The number of rotatable bonds is 2. The Morgan fingerprint density at radius 2 is 2.00 bits per heavy atom. The van der Waals surface area contributed by atoms with Crippen molar-refractivity contribution in [1.82, 2.24) is 0 Å². The zero-order chi connectivity index (χ0) is 14.3. The third-order valence-corrected chi connectivity index (χ3v) is 2.92. The predicted molar refractivity (Wildman–Crippen MR) is 71.7 cm³/mol. The molecule has 0 unspecified atom stereocenters. The monoisotopic (exact) mass is 271 g/mol. The molecule has 0 spiro atoms. The molecule has 1 aromatic heterocycles. The molecule has 0 aliphatic rings. The Hall–Kier alpha value is -2.89. The first kappa shape index (κ1) is 12.2. The number of benzene rings is 2. The number of nitro groups is 1. The molecular formula is C14H9NO5. The standard InChI is InChI=1S/C14H9NO5/c1-8(16)19-10-3-4-11-9(6-10)2-5-13-12(11)7-14(20-13)15(17)18/h2-7H,1H3. The summed E-state index contributed by atoms with van der Waals surface area (Å²) in [5, 5.41) is 13.0. The van der Waals surface area contributed by atoms with Crippen LogP contribution in [0.2, 0.25) is 0 Å². The van der Waals surface area contributed by atoms with Crippen LogP contribution in [0.1, 0.15) is 6.92 Å². The summed E-state index contributed by atoms with van der Waals surface area (Å²) in [6.07, 6.45) is 0. The van der Waals surface area contributed by atoms with E-state index in [9.17, 15) is 14.9 Å². The van der Waals surface area contributed by atoms with Crippen LogP contribution in [0.4, 0.5) is 5.88 Å². The number of carbonyl (C=O) groups is 1. The Balaban J connectivity index is 2.21. The molecule has 3 aromatic rings. The number of nitrogens with zero attached hydrogens (tertiary/aromatic N) is 1. The van der Waals surface area contributed by atoms with Crippen LogP contribution in [0.5, 0.6) is 5.75 Å². The molecule has 1 heterocycles. The van der Waals surface area contributed by atoms with Gasteiger partial charge >= 0.3 is 11.9 Å². The van der Waals surface area contributed by atoms with E-state index in [1.54, 1.807) is 30.3 Å². The quantitative estimate of drug-likeness (QED) is 0.308. The summed E-state index contributed by atoms with van der Waals surface area (Å²) < 4.78 is 10.2. The molecule has 6 nitrogen and oxygen atoms in total. The largest absolute Gasteiger partial charge is 0.434 e. The molecule has 100 valence electrons. The van der Waals surface area contributed by atoms with E-state index in [0.717, 1.165) is 10.8 Å². The summed E-state index contributed by atoms with van der Waals surface area (Å²) in [4.78, 5) is 21.1. The van der Waals surface area contributed by atoms with Crippen molar-refractivity contribution in [3.63, 3.8) is 0 Å². The smallest absolute Gasteiger partial charge is 0.427 e. The molecule has 0 radical (unpaired) electrons. The molecule has 0 bridgehead atoms. The molecule has 2 aromatic carbocycles. The van der Waals surface area contributed by atoms with Gasteiger partial charge in [0.25, 0.3) is 0 Å². The van der Waals surface area contributed by atoms with Crippen molar-refractivity contribution in [1.29, 1.82) is 0 Å². The van der Waals surface area contributed by atoms with E-state index in [0.29, 0.717) is 16.7 Å². The Bertz CT molecular complexity index is 849. The van der Waals surface area contributed by atoms with Crippen LogP contribution in [-0.2, 0) is 4.79 Å². The van der Waals surface area contributed by atoms with E-state index in [1.165, 1.54) is 13.0 Å². The maximum absolute atomic E-state index is 10.9. The number of hydrogen-bond donors (Lipinski definition) is 0. The zero-order valence-corrected chi connectivity index (χ0v) is 10.5. The van der Waals surface area contributed by atoms with Crippen molar-refractivity contribution in [3.8, 4) is 5.75 Å². The van der Waals surface area contributed by atoms with Gasteiger partial charge in [-0.2, -0.15) is 0 Å². The number of carbonyl (C=O) groups excluding carboxylic acids is 1. The van der Waals surface area contributed by atoms with Gasteiger partial charge in [-0.3, -0.25) is 14.9 Å². The van der Waals surface area contributed by atoms with Gasteiger partial charge in [-0.15, -0.1) is 0 Å². The second-order valence-electron chi connectivity index (χ2n) is 4.30. The van der Waals surface area contributed by atoms with Gasteiger partial charge in [0.2, 0.25) is 0 Å². The van der Waals surface area contributed by atoms with Gasteiger partial charge in [0.05, 0.1) is 6.07 Å². The van der Waals surface area contributed by atoms with Crippen molar-refractivity contribution in [2.45, 2.75) is 6.92 Å². The summed E-state index contributed by atoms with van der Waals surface area (Å²) in [5.74, 6) is -0.261. The van der Waals surface area contributed by atoms with Crippen LogP contribution in [0.3, 0.4) is 0 Å². The fourth-order valence-electron chi connectivity index (χ4n) is 2.13. The minimum Gasteiger partial charge on any atom is -0.427 e. The molecule has 0 aliphatic carbocycles. The van der Waals surface area contributed by atoms with E-state index < -0.39 is 10.9 Å². The van der Waals surface area contributed by atoms with Gasteiger partial charge < -0.3 is 9.15 Å². The highest BCUT2D eigenvalue weighted by atomic mass is 16.6. The second-order valence-corrected chi connectivity index (χ2v) is 4.30. The van der Waals surface area contributed by atoms with E-state index in [1.807, 2.05) is 0 Å². The molecule has 0 saturated heterocycles. The molecule has 0 N–H and O–H groups in total. The number of hydrogen-bond acceptors (Lipinski definition) is 5. The molecule has 6 heteroatoms. The molecule has 0 amide bonds. The van der Waals surface area contributed by atoms with Crippen LogP contribution in [0.15, 0.2) is 40.8 Å². The lowest BCUT2D eigenvalue weighted by Gasteiger charge is -2.03. The lowest BCUT2D eigenvalue weighted by molar-refractivity contribution is -0.401. The summed E-state index contributed by atoms with van der Waals surface area (Å²) in [6, 6.07) is 9.90. The highest BCUT2D eigenvalue weighted by Gasteiger charge is 2.15. The molecule has 0 fully saturated rings. The molecule has 3 rings (SSSR count). The summed E-state index contributed by atoms with van der Waals surface area (Å²) in [5.41, 5.74) is 0.449. The topological polar surface area (TPSA) is 82.6 Å². The number of esters is 1. The summed E-state index contributed by atoms with van der Waals surface area (Å²) in [6.45, 7) is 1.33. The maximum atomic E-state index is 10.9. The van der Waals surface area contributed by atoms with Crippen molar-refractivity contribution in [2.75, 3.05) is 0 Å². The molecule has 0 saturated carbocycles. The van der Waals surface area contributed by atoms with E-state index >= 15 is 0 Å². The van der Waals surface area contributed by atoms with Crippen molar-refractivity contribution in [3.05, 3.63) is 46.5 Å². The first-order chi connectivity index (χ1) is 9.54. The van der Waals surface area contributed by atoms with Gasteiger partial charge in [-0.05, 0) is 35.0 Å². The van der Waals surface area contributed by atoms with Crippen molar-refractivity contribution >= 4 is 33.6 Å². The van der Waals surface area contributed by atoms with Crippen LogP contribution in [-0.4, -0.2) is 10.9 Å². The number of ether oxygens (including phenoxy) is 1. The fourth-order valence-corrected chi connectivity index (χ4v) is 2.13. The van der Waals surface area contributed by atoms with Gasteiger partial charge in [-0.25, -0.2) is 0 Å². The number of furan rings is 1. The van der Waals surface area contributed by atoms with Crippen molar-refractivity contribution in [2.24, 2.45) is 0 Å². The Morgan fingerprint density at radius 3 is 2.70 bits per heavy atom. The van der Waals surface area contributed by atoms with Crippen molar-refractivity contribution < 1.29 is 18.9 Å². The third-order valence-electron chi connectivity index (χ3n) is 2.92. The Labute approximate surface area is 112 Å². The summed E-state index contributed by atoms with van der Waals surface area (Å²) >= 11 is 0. The molecule has 0 aliphatic heterocycles. The first-order valence-corrected chi connectivity index (χ1v) is 5.84. The molecule has 20 heavy (non-hydrogen) atoms. The Morgan fingerprint density at radius 1 is 1.20 bits per heavy atom. The highest BCUT2D eigenvalue weighted by molar-refractivity contribution is 6.06. The zero-order valence-electron chi connectivity index (χ0n) is 10.5. The van der Waals surface area contributed by atoms with Crippen LogP contribution < -0.4 is 4.74 Å². The second kappa shape index (κ2) is 4.34. The minimum absolute atomic E-state index is 0.295. The van der Waals surface area contributed by atoms with E-state index in [-0.39, 0.29) is 5.88 Å². The average molecular weight is 271 g/mol. The van der Waals surface area contributed by atoms with Crippen LogP contribution in [0, 0.1) is 10.1 Å². The van der Waals surface area contributed by atoms with Crippen LogP contribution in [0.25, 0.3) is 21.7 Å². The first-order valence-electron chi connectivity index (χ1n) is 5.84. The van der Waals surface area contributed by atoms with E-state index in [2.05, 4.69) is 0 Å². The fraction of sp³-hybridized carbons (Fsp3) is 0.0714. The maximum Gasteiger partial charge on any atom is 0.434 e. The SMILES string of the molecule is CC(=O)Oc1ccc2c(ccc3oc([N+](=O)[O-])cc32)c1. The van der Waals surface area contributed by atoms with E-state index in [4.69, 9.17) is 9.15 Å². The van der Waals surface area contributed by atoms with Gasteiger partial charge in [0, 0.05) is 12.3 Å². The predicted octanol–water partition coefficient (Wildman–Crippen LogP) is 3.42. The Kier molecular flexibility index (Phi) is 2.64. The third kappa shape index (κ3) is 1.97.